The molecule has 1 unspecified atom stereocenters. The Morgan fingerprint density at radius 1 is 1.91 bits per heavy atom. The standard InChI is InChI=1S/C8H12O2S/c1-3-10-8(9)7-4-6(2)11-5-7/h7H,2-5H2,1H3. The molecule has 0 aromatic heterocycles. The van der Waals surface area contributed by atoms with Gasteiger partial charge in [0.25, 0.3) is 0 Å². The van der Waals surface area contributed by atoms with Crippen LogP contribution in [0.1, 0.15) is 13.3 Å². The summed E-state index contributed by atoms with van der Waals surface area (Å²) in [6, 6.07) is 0. The fourth-order valence-electron chi connectivity index (χ4n) is 1.02. The Labute approximate surface area is 71.0 Å². The Kier molecular flexibility index (Phi) is 3.00. The van der Waals surface area contributed by atoms with E-state index in [1.165, 1.54) is 0 Å². The highest BCUT2D eigenvalue weighted by Crippen LogP contribution is 2.33. The van der Waals surface area contributed by atoms with E-state index in [1.54, 1.807) is 11.8 Å². The monoisotopic (exact) mass is 172 g/mol. The van der Waals surface area contributed by atoms with Gasteiger partial charge in [-0.15, -0.1) is 11.8 Å². The van der Waals surface area contributed by atoms with Gasteiger partial charge in [0.1, 0.15) is 0 Å². The number of carbonyl (C=O) groups is 1. The summed E-state index contributed by atoms with van der Waals surface area (Å²) in [7, 11) is 0. The summed E-state index contributed by atoms with van der Waals surface area (Å²) in [5, 5.41) is 0. The Morgan fingerprint density at radius 2 is 2.64 bits per heavy atom. The van der Waals surface area contributed by atoms with E-state index in [1.807, 2.05) is 6.92 Å². The van der Waals surface area contributed by atoms with Crippen molar-refractivity contribution in [1.82, 2.24) is 0 Å². The fraction of sp³-hybridized carbons (Fsp3) is 0.625. The van der Waals surface area contributed by atoms with Crippen LogP contribution < -0.4 is 0 Å². The molecule has 0 amide bonds. The van der Waals surface area contributed by atoms with Crippen LogP contribution in [-0.4, -0.2) is 18.3 Å². The largest absolute Gasteiger partial charge is 0.466 e. The van der Waals surface area contributed by atoms with Crippen molar-refractivity contribution in [3.63, 3.8) is 0 Å². The average Bonchev–Trinajstić information content (AvgIpc) is 2.36. The zero-order valence-electron chi connectivity index (χ0n) is 6.63. The van der Waals surface area contributed by atoms with Crippen LogP contribution in [0.2, 0.25) is 0 Å². The molecule has 0 aliphatic carbocycles. The van der Waals surface area contributed by atoms with Gasteiger partial charge in [-0.1, -0.05) is 6.58 Å². The van der Waals surface area contributed by atoms with Crippen molar-refractivity contribution in [2.75, 3.05) is 12.4 Å². The van der Waals surface area contributed by atoms with Gasteiger partial charge in [0, 0.05) is 5.75 Å². The summed E-state index contributed by atoms with van der Waals surface area (Å²) < 4.78 is 4.88. The van der Waals surface area contributed by atoms with Crippen LogP contribution in [0.25, 0.3) is 0 Å². The lowest BCUT2D eigenvalue weighted by Crippen LogP contribution is -2.16. The van der Waals surface area contributed by atoms with Gasteiger partial charge in [-0.05, 0) is 18.2 Å². The first-order chi connectivity index (χ1) is 5.24. The maximum Gasteiger partial charge on any atom is 0.310 e. The maximum atomic E-state index is 11.1. The van der Waals surface area contributed by atoms with E-state index in [4.69, 9.17) is 4.74 Å². The molecular weight excluding hydrogens is 160 g/mol. The second-order valence-corrected chi connectivity index (χ2v) is 3.70. The van der Waals surface area contributed by atoms with Gasteiger partial charge in [0.05, 0.1) is 12.5 Å². The molecule has 62 valence electrons. The van der Waals surface area contributed by atoms with Gasteiger partial charge in [-0.2, -0.15) is 0 Å². The van der Waals surface area contributed by atoms with Gasteiger partial charge < -0.3 is 4.74 Å². The number of rotatable bonds is 2. The second-order valence-electron chi connectivity index (χ2n) is 2.50. The third kappa shape index (κ3) is 2.26. The summed E-state index contributed by atoms with van der Waals surface area (Å²) in [5.41, 5.74) is 0. The van der Waals surface area contributed by atoms with Crippen molar-refractivity contribution in [2.45, 2.75) is 13.3 Å². The molecule has 0 aromatic carbocycles. The molecule has 1 saturated heterocycles. The SMILES string of the molecule is C=C1CC(C(=O)OCC)CS1. The first-order valence-electron chi connectivity index (χ1n) is 3.71. The molecule has 0 radical (unpaired) electrons. The van der Waals surface area contributed by atoms with Crippen molar-refractivity contribution in [3.8, 4) is 0 Å². The van der Waals surface area contributed by atoms with E-state index in [-0.39, 0.29) is 11.9 Å². The molecule has 0 saturated carbocycles. The van der Waals surface area contributed by atoms with Gasteiger partial charge in [0.15, 0.2) is 0 Å². The molecule has 0 bridgehead atoms. The zero-order valence-corrected chi connectivity index (χ0v) is 7.45. The number of hydrogen-bond donors (Lipinski definition) is 0. The van der Waals surface area contributed by atoms with Crippen LogP contribution >= 0.6 is 11.8 Å². The number of thioether (sulfide) groups is 1. The molecule has 1 aliphatic heterocycles. The average molecular weight is 172 g/mol. The van der Waals surface area contributed by atoms with Crippen LogP contribution in [0.4, 0.5) is 0 Å². The Balaban J connectivity index is 2.37. The van der Waals surface area contributed by atoms with Crippen molar-refractivity contribution >= 4 is 17.7 Å². The van der Waals surface area contributed by atoms with E-state index in [9.17, 15) is 4.79 Å². The van der Waals surface area contributed by atoms with E-state index in [2.05, 4.69) is 6.58 Å². The number of allylic oxidation sites excluding steroid dienone is 1. The van der Waals surface area contributed by atoms with Crippen LogP contribution in [0, 0.1) is 5.92 Å². The Morgan fingerprint density at radius 3 is 3.09 bits per heavy atom. The highest BCUT2D eigenvalue weighted by Gasteiger charge is 2.26. The summed E-state index contributed by atoms with van der Waals surface area (Å²) in [6.45, 7) is 6.11. The summed E-state index contributed by atoms with van der Waals surface area (Å²) in [6.07, 6.45) is 0.795. The number of carbonyl (C=O) groups excluding carboxylic acids is 1. The minimum atomic E-state index is -0.0707. The first-order valence-corrected chi connectivity index (χ1v) is 4.69. The topological polar surface area (TPSA) is 26.3 Å². The molecule has 11 heavy (non-hydrogen) atoms. The normalized spacial score (nSPS) is 23.7. The zero-order chi connectivity index (χ0) is 8.27. The molecule has 0 spiro atoms. The molecule has 1 atom stereocenters. The Bertz CT molecular complexity index is 177. The van der Waals surface area contributed by atoms with Gasteiger partial charge in [-0.25, -0.2) is 0 Å². The lowest BCUT2D eigenvalue weighted by molar-refractivity contribution is -0.146. The van der Waals surface area contributed by atoms with Gasteiger partial charge in [-0.3, -0.25) is 4.79 Å². The fourth-order valence-corrected chi connectivity index (χ4v) is 2.03. The van der Waals surface area contributed by atoms with Crippen molar-refractivity contribution in [2.24, 2.45) is 5.92 Å². The molecular formula is C8H12O2S. The van der Waals surface area contributed by atoms with Crippen LogP contribution in [0.5, 0.6) is 0 Å². The quantitative estimate of drug-likeness (QED) is 0.594. The maximum absolute atomic E-state index is 11.1. The lowest BCUT2D eigenvalue weighted by atomic mass is 10.1. The van der Waals surface area contributed by atoms with E-state index in [0.29, 0.717) is 6.61 Å². The van der Waals surface area contributed by atoms with Crippen LogP contribution in [0.15, 0.2) is 11.5 Å². The molecule has 1 rings (SSSR count). The smallest absolute Gasteiger partial charge is 0.310 e. The molecule has 3 heteroatoms. The van der Waals surface area contributed by atoms with Crippen molar-refractivity contribution in [3.05, 3.63) is 11.5 Å². The molecule has 1 fully saturated rings. The lowest BCUT2D eigenvalue weighted by Gasteiger charge is -2.05. The number of ether oxygens (including phenoxy) is 1. The summed E-state index contributed by atoms with van der Waals surface area (Å²) in [4.78, 5) is 12.2. The molecule has 1 heterocycles. The number of esters is 1. The van der Waals surface area contributed by atoms with Gasteiger partial charge >= 0.3 is 5.97 Å². The van der Waals surface area contributed by atoms with Crippen molar-refractivity contribution < 1.29 is 9.53 Å². The molecule has 0 aromatic rings. The highest BCUT2D eigenvalue weighted by atomic mass is 32.2. The third-order valence-electron chi connectivity index (χ3n) is 1.58. The third-order valence-corrected chi connectivity index (χ3v) is 2.73. The summed E-state index contributed by atoms with van der Waals surface area (Å²) in [5.74, 6) is 0.837. The second kappa shape index (κ2) is 3.81. The summed E-state index contributed by atoms with van der Waals surface area (Å²) >= 11 is 1.66. The predicted octanol–water partition coefficient (Wildman–Crippen LogP) is 1.82. The minimum absolute atomic E-state index is 0.0625. The molecule has 2 nitrogen and oxygen atoms in total. The number of hydrogen-bond acceptors (Lipinski definition) is 3. The van der Waals surface area contributed by atoms with E-state index < -0.39 is 0 Å². The van der Waals surface area contributed by atoms with E-state index >= 15 is 0 Å². The van der Waals surface area contributed by atoms with Gasteiger partial charge in [0.2, 0.25) is 0 Å². The Hall–Kier alpha value is -0.440. The first kappa shape index (κ1) is 8.65. The molecule has 1 aliphatic rings. The van der Waals surface area contributed by atoms with Crippen molar-refractivity contribution in [1.29, 1.82) is 0 Å². The highest BCUT2D eigenvalue weighted by molar-refractivity contribution is 8.03. The molecule has 0 N–H and O–H groups in total. The minimum Gasteiger partial charge on any atom is -0.466 e. The predicted molar refractivity (Wildman–Crippen MR) is 46.3 cm³/mol. The van der Waals surface area contributed by atoms with Crippen LogP contribution in [-0.2, 0) is 9.53 Å². The van der Waals surface area contributed by atoms with Crippen LogP contribution in [0.3, 0.4) is 0 Å². The van der Waals surface area contributed by atoms with E-state index in [0.717, 1.165) is 17.1 Å².